The molecule has 0 saturated carbocycles. The number of rotatable bonds is 6. The van der Waals surface area contributed by atoms with Crippen LogP contribution in [0.4, 0.5) is 0 Å². The molecule has 24 heavy (non-hydrogen) atoms. The highest BCUT2D eigenvalue weighted by atomic mass is 127. The van der Waals surface area contributed by atoms with Crippen molar-refractivity contribution < 1.29 is 9.47 Å². The van der Waals surface area contributed by atoms with Crippen molar-refractivity contribution >= 4 is 29.9 Å². The highest BCUT2D eigenvalue weighted by Crippen LogP contribution is 2.34. The third kappa shape index (κ3) is 4.99. The molecule has 0 spiro atoms. The van der Waals surface area contributed by atoms with Crippen molar-refractivity contribution in [1.82, 2.24) is 10.6 Å². The topological polar surface area (TPSA) is 54.9 Å². The van der Waals surface area contributed by atoms with Gasteiger partial charge in [-0.25, -0.2) is 0 Å². The second kappa shape index (κ2) is 9.46. The van der Waals surface area contributed by atoms with Gasteiger partial charge in [-0.2, -0.15) is 0 Å². The minimum absolute atomic E-state index is 0. The molecule has 0 amide bonds. The van der Waals surface area contributed by atoms with Crippen LogP contribution in [0.25, 0.3) is 0 Å². The van der Waals surface area contributed by atoms with Crippen LogP contribution in [0.1, 0.15) is 32.6 Å². The van der Waals surface area contributed by atoms with Gasteiger partial charge in [-0.3, -0.25) is 4.99 Å². The van der Waals surface area contributed by atoms with E-state index >= 15 is 0 Å². The van der Waals surface area contributed by atoms with Gasteiger partial charge in [-0.05, 0) is 37.8 Å². The van der Waals surface area contributed by atoms with E-state index in [0.29, 0.717) is 18.2 Å². The number of guanidine groups is 1. The molecular formula is C18H28IN3O2. The summed E-state index contributed by atoms with van der Waals surface area (Å²) in [4.78, 5) is 4.33. The van der Waals surface area contributed by atoms with Gasteiger partial charge in [0.05, 0.1) is 24.8 Å². The first kappa shape index (κ1) is 19.3. The zero-order valence-electron chi connectivity index (χ0n) is 14.4. The van der Waals surface area contributed by atoms with Crippen LogP contribution in [0, 0.1) is 0 Å². The molecule has 2 N–H and O–H groups in total. The van der Waals surface area contributed by atoms with Gasteiger partial charge in [0.15, 0.2) is 5.96 Å². The Kier molecular flexibility index (Phi) is 7.61. The lowest BCUT2D eigenvalue weighted by Gasteiger charge is -2.24. The number of halogens is 1. The molecular weight excluding hydrogens is 417 g/mol. The summed E-state index contributed by atoms with van der Waals surface area (Å²) in [7, 11) is 1.81. The third-order valence-electron chi connectivity index (χ3n) is 4.65. The number of ether oxygens (including phenoxy) is 2. The van der Waals surface area contributed by atoms with Crippen LogP contribution in [0.3, 0.4) is 0 Å². The first-order chi connectivity index (χ1) is 11.3. The zero-order chi connectivity index (χ0) is 16.1. The molecule has 0 aliphatic carbocycles. The Balaban J connectivity index is 0.00000208. The fourth-order valence-corrected chi connectivity index (χ4v) is 3.33. The molecule has 2 bridgehead atoms. The Morgan fingerprint density at radius 3 is 2.71 bits per heavy atom. The van der Waals surface area contributed by atoms with Crippen LogP contribution >= 0.6 is 24.0 Å². The van der Waals surface area contributed by atoms with Crippen molar-refractivity contribution in [2.75, 3.05) is 13.6 Å². The minimum Gasteiger partial charge on any atom is -0.489 e. The van der Waals surface area contributed by atoms with E-state index in [4.69, 9.17) is 9.47 Å². The number of para-hydroxylation sites is 1. The van der Waals surface area contributed by atoms with Crippen LogP contribution in [-0.4, -0.2) is 43.9 Å². The zero-order valence-corrected chi connectivity index (χ0v) is 16.7. The molecule has 2 heterocycles. The van der Waals surface area contributed by atoms with E-state index in [1.54, 1.807) is 0 Å². The number of fused-ring (bicyclic) bond motifs is 2. The quantitative estimate of drug-likeness (QED) is 0.402. The maximum absolute atomic E-state index is 6.01. The van der Waals surface area contributed by atoms with Crippen molar-refractivity contribution in [3.63, 3.8) is 0 Å². The van der Waals surface area contributed by atoms with E-state index in [0.717, 1.165) is 37.5 Å². The molecule has 4 unspecified atom stereocenters. The number of benzene rings is 1. The van der Waals surface area contributed by atoms with Crippen LogP contribution < -0.4 is 15.4 Å². The highest BCUT2D eigenvalue weighted by Gasteiger charge is 2.41. The summed E-state index contributed by atoms with van der Waals surface area (Å²) in [6, 6.07) is 10.3. The smallest absolute Gasteiger partial charge is 0.191 e. The molecule has 0 aromatic heterocycles. The van der Waals surface area contributed by atoms with Crippen molar-refractivity contribution in [2.45, 2.75) is 57.0 Å². The van der Waals surface area contributed by atoms with E-state index in [2.05, 4.69) is 22.5 Å². The van der Waals surface area contributed by atoms with E-state index < -0.39 is 0 Å². The summed E-state index contributed by atoms with van der Waals surface area (Å²) in [6.07, 6.45) is 5.30. The standard InChI is InChI=1S/C18H27N3O2.HI/c1-3-13(22-14-7-5-4-6-8-14)12-20-18(19-2)21-16-11-15-9-10-17(16)23-15;/h4-8,13,15-17H,3,9-12H2,1-2H3,(H2,19,20,21);1H. The average Bonchev–Trinajstić information content (AvgIpc) is 3.21. The Morgan fingerprint density at radius 2 is 2.12 bits per heavy atom. The lowest BCUT2D eigenvalue weighted by atomic mass is 9.96. The Bertz CT molecular complexity index is 526. The maximum atomic E-state index is 6.01. The van der Waals surface area contributed by atoms with Crippen molar-refractivity contribution in [3.05, 3.63) is 30.3 Å². The molecule has 5 nitrogen and oxygen atoms in total. The summed E-state index contributed by atoms with van der Waals surface area (Å²) in [5.74, 6) is 1.74. The van der Waals surface area contributed by atoms with Gasteiger partial charge in [-0.1, -0.05) is 25.1 Å². The largest absolute Gasteiger partial charge is 0.489 e. The molecule has 4 atom stereocenters. The normalized spacial score (nSPS) is 26.6. The maximum Gasteiger partial charge on any atom is 0.191 e. The fraction of sp³-hybridized carbons (Fsp3) is 0.611. The van der Waals surface area contributed by atoms with Gasteiger partial charge in [0.25, 0.3) is 0 Å². The number of aliphatic imine (C=N–C) groups is 1. The summed E-state index contributed by atoms with van der Waals surface area (Å²) < 4.78 is 11.9. The summed E-state index contributed by atoms with van der Waals surface area (Å²) in [6.45, 7) is 2.86. The van der Waals surface area contributed by atoms with Gasteiger partial charge in [0.1, 0.15) is 11.9 Å². The minimum atomic E-state index is 0. The Hall–Kier alpha value is -1.02. The monoisotopic (exact) mass is 445 g/mol. The third-order valence-corrected chi connectivity index (χ3v) is 4.65. The molecule has 0 radical (unpaired) electrons. The van der Waals surface area contributed by atoms with Crippen LogP contribution in [-0.2, 0) is 4.74 Å². The van der Waals surface area contributed by atoms with Crippen molar-refractivity contribution in [1.29, 1.82) is 0 Å². The fourth-order valence-electron chi connectivity index (χ4n) is 3.33. The SMILES string of the molecule is CCC(CNC(=NC)NC1CC2CCC1O2)Oc1ccccc1.I. The van der Waals surface area contributed by atoms with Gasteiger partial charge in [0, 0.05) is 7.05 Å². The van der Waals surface area contributed by atoms with Gasteiger partial charge in [-0.15, -0.1) is 24.0 Å². The second-order valence-corrected chi connectivity index (χ2v) is 6.27. The summed E-state index contributed by atoms with van der Waals surface area (Å²) >= 11 is 0. The van der Waals surface area contributed by atoms with Crippen LogP contribution in [0.15, 0.2) is 35.3 Å². The Labute approximate surface area is 161 Å². The average molecular weight is 445 g/mol. The van der Waals surface area contributed by atoms with E-state index in [9.17, 15) is 0 Å². The first-order valence-electron chi connectivity index (χ1n) is 8.62. The second-order valence-electron chi connectivity index (χ2n) is 6.27. The molecule has 2 saturated heterocycles. The van der Waals surface area contributed by atoms with Crippen molar-refractivity contribution in [2.24, 2.45) is 4.99 Å². The first-order valence-corrected chi connectivity index (χ1v) is 8.62. The molecule has 2 aliphatic heterocycles. The molecule has 134 valence electrons. The number of hydrogen-bond donors (Lipinski definition) is 2. The van der Waals surface area contributed by atoms with Gasteiger partial charge >= 0.3 is 0 Å². The lowest BCUT2D eigenvalue weighted by molar-refractivity contribution is 0.0992. The molecule has 1 aromatic rings. The molecule has 6 heteroatoms. The summed E-state index contributed by atoms with van der Waals surface area (Å²) in [5.41, 5.74) is 0. The van der Waals surface area contributed by atoms with E-state index in [1.165, 1.54) is 6.42 Å². The lowest BCUT2D eigenvalue weighted by Crippen LogP contribution is -2.49. The predicted molar refractivity (Wildman–Crippen MR) is 107 cm³/mol. The number of hydrogen-bond acceptors (Lipinski definition) is 3. The van der Waals surface area contributed by atoms with Gasteiger partial charge < -0.3 is 20.1 Å². The van der Waals surface area contributed by atoms with E-state index in [1.807, 2.05) is 37.4 Å². The summed E-state index contributed by atoms with van der Waals surface area (Å²) in [5, 5.41) is 6.88. The van der Waals surface area contributed by atoms with Crippen LogP contribution in [0.2, 0.25) is 0 Å². The molecule has 3 rings (SSSR count). The number of nitrogens with zero attached hydrogens (tertiary/aromatic N) is 1. The Morgan fingerprint density at radius 1 is 1.33 bits per heavy atom. The molecule has 2 fully saturated rings. The number of nitrogens with one attached hydrogen (secondary N) is 2. The van der Waals surface area contributed by atoms with Crippen molar-refractivity contribution in [3.8, 4) is 5.75 Å². The van der Waals surface area contributed by atoms with E-state index in [-0.39, 0.29) is 30.1 Å². The molecule has 1 aromatic carbocycles. The molecule has 2 aliphatic rings. The van der Waals surface area contributed by atoms with Crippen LogP contribution in [0.5, 0.6) is 5.75 Å². The van der Waals surface area contributed by atoms with Gasteiger partial charge in [0.2, 0.25) is 0 Å². The highest BCUT2D eigenvalue weighted by molar-refractivity contribution is 14.0. The predicted octanol–water partition coefficient (Wildman–Crippen LogP) is 2.95.